The van der Waals surface area contributed by atoms with Gasteiger partial charge in [-0.2, -0.15) is 0 Å². The second kappa shape index (κ2) is 6.11. The number of anilines is 1. The Hall–Kier alpha value is -1.20. The average molecular weight is 250 g/mol. The normalized spacial score (nSPS) is 20.9. The number of nitrogens with one attached hydrogen (secondary N) is 1. The van der Waals surface area contributed by atoms with E-state index in [-0.39, 0.29) is 6.10 Å². The number of morpholine rings is 1. The molecule has 1 unspecified atom stereocenters. The largest absolute Gasteiger partial charge is 0.374 e. The zero-order valence-corrected chi connectivity index (χ0v) is 11.4. The fourth-order valence-corrected chi connectivity index (χ4v) is 2.04. The molecule has 1 N–H and O–H groups in total. The minimum absolute atomic E-state index is 0.238. The lowest BCUT2D eigenvalue weighted by Crippen LogP contribution is -2.45. The van der Waals surface area contributed by atoms with Crippen molar-refractivity contribution in [1.82, 2.24) is 14.9 Å². The highest BCUT2D eigenvalue weighted by molar-refractivity contribution is 5.33. The highest BCUT2D eigenvalue weighted by atomic mass is 16.5. The van der Waals surface area contributed by atoms with Crippen LogP contribution in [0.3, 0.4) is 0 Å². The summed E-state index contributed by atoms with van der Waals surface area (Å²) in [5, 5.41) is 3.30. The van der Waals surface area contributed by atoms with E-state index in [1.165, 1.54) is 0 Å². The maximum atomic E-state index is 5.73. The van der Waals surface area contributed by atoms with E-state index in [0.29, 0.717) is 0 Å². The van der Waals surface area contributed by atoms with Crippen molar-refractivity contribution in [2.45, 2.75) is 26.9 Å². The number of hydrogen-bond acceptors (Lipinski definition) is 5. The molecule has 1 fully saturated rings. The van der Waals surface area contributed by atoms with Crippen LogP contribution in [0.4, 0.5) is 5.82 Å². The van der Waals surface area contributed by atoms with Gasteiger partial charge in [0, 0.05) is 19.6 Å². The molecule has 5 heteroatoms. The zero-order chi connectivity index (χ0) is 13.0. The highest BCUT2D eigenvalue weighted by Gasteiger charge is 2.18. The van der Waals surface area contributed by atoms with E-state index in [2.05, 4.69) is 27.1 Å². The monoisotopic (exact) mass is 250 g/mol. The Labute approximate surface area is 109 Å². The van der Waals surface area contributed by atoms with E-state index >= 15 is 0 Å². The molecule has 0 radical (unpaired) electrons. The van der Waals surface area contributed by atoms with Gasteiger partial charge in [-0.25, -0.2) is 4.98 Å². The van der Waals surface area contributed by atoms with Crippen LogP contribution in [0.5, 0.6) is 0 Å². The summed E-state index contributed by atoms with van der Waals surface area (Å²) in [5.41, 5.74) is 1.95. The van der Waals surface area contributed by atoms with Crippen LogP contribution in [0.1, 0.15) is 18.3 Å². The number of aromatic nitrogens is 2. The van der Waals surface area contributed by atoms with Crippen LogP contribution in [0.2, 0.25) is 0 Å². The lowest BCUT2D eigenvalue weighted by Gasteiger charge is -2.32. The maximum absolute atomic E-state index is 5.73. The zero-order valence-electron chi connectivity index (χ0n) is 11.4. The molecule has 1 aromatic heterocycles. The first-order valence-electron chi connectivity index (χ1n) is 6.57. The summed E-state index contributed by atoms with van der Waals surface area (Å²) < 4.78 is 5.73. The minimum Gasteiger partial charge on any atom is -0.374 e. The molecular formula is C13H22N4O. The van der Waals surface area contributed by atoms with Gasteiger partial charge in [0.15, 0.2) is 0 Å². The number of ether oxygens (including phenoxy) is 1. The first kappa shape index (κ1) is 13.2. The third kappa shape index (κ3) is 3.40. The van der Waals surface area contributed by atoms with Gasteiger partial charge >= 0.3 is 0 Å². The van der Waals surface area contributed by atoms with Gasteiger partial charge in [-0.05, 0) is 20.4 Å². The number of hydrogen-bond donors (Lipinski definition) is 1. The SMILES string of the molecule is CCN1CCOC(CNc2cnc(C)c(C)n2)C1. The van der Waals surface area contributed by atoms with Crippen LogP contribution in [-0.2, 0) is 4.74 Å². The molecule has 0 saturated carbocycles. The number of nitrogens with zero attached hydrogens (tertiary/aromatic N) is 3. The first-order valence-corrected chi connectivity index (χ1v) is 6.57. The molecule has 0 aromatic carbocycles. The summed E-state index contributed by atoms with van der Waals surface area (Å²) in [7, 11) is 0. The molecule has 18 heavy (non-hydrogen) atoms. The average Bonchev–Trinajstić information content (AvgIpc) is 2.40. The van der Waals surface area contributed by atoms with Crippen LogP contribution in [0.15, 0.2) is 6.20 Å². The Balaban J connectivity index is 1.85. The molecular weight excluding hydrogens is 228 g/mol. The van der Waals surface area contributed by atoms with Gasteiger partial charge in [0.05, 0.1) is 30.3 Å². The fraction of sp³-hybridized carbons (Fsp3) is 0.692. The molecule has 0 aliphatic carbocycles. The molecule has 0 bridgehead atoms. The van der Waals surface area contributed by atoms with Crippen molar-refractivity contribution < 1.29 is 4.74 Å². The second-order valence-electron chi connectivity index (χ2n) is 4.69. The molecule has 1 saturated heterocycles. The molecule has 1 aliphatic heterocycles. The Kier molecular flexibility index (Phi) is 4.49. The molecule has 2 rings (SSSR count). The van der Waals surface area contributed by atoms with Gasteiger partial charge in [0.25, 0.3) is 0 Å². The standard InChI is InChI=1S/C13H22N4O/c1-4-17-5-6-18-12(9-17)7-15-13-8-14-10(2)11(3)16-13/h8,12H,4-7,9H2,1-3H3,(H,15,16). The van der Waals surface area contributed by atoms with Crippen molar-refractivity contribution in [2.75, 3.05) is 38.1 Å². The van der Waals surface area contributed by atoms with Crippen LogP contribution < -0.4 is 5.32 Å². The van der Waals surface area contributed by atoms with E-state index in [0.717, 1.165) is 50.0 Å². The molecule has 2 heterocycles. The summed E-state index contributed by atoms with van der Waals surface area (Å²) in [6, 6.07) is 0. The predicted molar refractivity (Wildman–Crippen MR) is 71.8 cm³/mol. The number of likely N-dealkylation sites (N-methyl/N-ethyl adjacent to an activating group) is 1. The molecule has 0 spiro atoms. The van der Waals surface area contributed by atoms with E-state index in [1.807, 2.05) is 13.8 Å². The molecule has 1 aliphatic rings. The van der Waals surface area contributed by atoms with Crippen LogP contribution in [-0.4, -0.2) is 53.8 Å². The minimum atomic E-state index is 0.238. The van der Waals surface area contributed by atoms with Crippen LogP contribution in [0, 0.1) is 13.8 Å². The van der Waals surface area contributed by atoms with Gasteiger partial charge in [-0.1, -0.05) is 6.92 Å². The van der Waals surface area contributed by atoms with Crippen LogP contribution in [0.25, 0.3) is 0 Å². The number of rotatable bonds is 4. The maximum Gasteiger partial charge on any atom is 0.144 e. The molecule has 5 nitrogen and oxygen atoms in total. The van der Waals surface area contributed by atoms with Crippen molar-refractivity contribution in [1.29, 1.82) is 0 Å². The van der Waals surface area contributed by atoms with Crippen molar-refractivity contribution >= 4 is 5.82 Å². The van der Waals surface area contributed by atoms with Gasteiger partial charge in [-0.3, -0.25) is 9.88 Å². The lowest BCUT2D eigenvalue weighted by atomic mass is 10.2. The summed E-state index contributed by atoms with van der Waals surface area (Å²) in [5.74, 6) is 0.829. The highest BCUT2D eigenvalue weighted by Crippen LogP contribution is 2.08. The van der Waals surface area contributed by atoms with Gasteiger partial charge < -0.3 is 10.1 Å². The Morgan fingerprint density at radius 2 is 2.28 bits per heavy atom. The van der Waals surface area contributed by atoms with Gasteiger partial charge in [-0.15, -0.1) is 0 Å². The molecule has 0 amide bonds. The quantitative estimate of drug-likeness (QED) is 0.871. The van der Waals surface area contributed by atoms with Crippen molar-refractivity contribution in [3.8, 4) is 0 Å². The van der Waals surface area contributed by atoms with E-state index < -0.39 is 0 Å². The van der Waals surface area contributed by atoms with Crippen molar-refractivity contribution in [3.05, 3.63) is 17.6 Å². The van der Waals surface area contributed by atoms with Crippen molar-refractivity contribution in [3.63, 3.8) is 0 Å². The summed E-state index contributed by atoms with van der Waals surface area (Å²) in [6.45, 7) is 10.8. The smallest absolute Gasteiger partial charge is 0.144 e. The van der Waals surface area contributed by atoms with Gasteiger partial charge in [0.1, 0.15) is 5.82 Å². The third-order valence-corrected chi connectivity index (χ3v) is 3.37. The lowest BCUT2D eigenvalue weighted by molar-refractivity contribution is -0.0192. The summed E-state index contributed by atoms with van der Waals surface area (Å²) in [6.07, 6.45) is 2.02. The van der Waals surface area contributed by atoms with Gasteiger partial charge in [0.2, 0.25) is 0 Å². The summed E-state index contributed by atoms with van der Waals surface area (Å²) in [4.78, 5) is 11.2. The Bertz CT molecular complexity index is 397. The van der Waals surface area contributed by atoms with E-state index in [1.54, 1.807) is 6.20 Å². The van der Waals surface area contributed by atoms with E-state index in [9.17, 15) is 0 Å². The van der Waals surface area contributed by atoms with Crippen molar-refractivity contribution in [2.24, 2.45) is 0 Å². The molecule has 100 valence electrons. The topological polar surface area (TPSA) is 50.3 Å². The second-order valence-corrected chi connectivity index (χ2v) is 4.69. The Morgan fingerprint density at radius 1 is 1.44 bits per heavy atom. The molecule has 1 aromatic rings. The first-order chi connectivity index (χ1) is 8.69. The summed E-state index contributed by atoms with van der Waals surface area (Å²) >= 11 is 0. The number of aryl methyl sites for hydroxylation is 2. The Morgan fingerprint density at radius 3 is 3.00 bits per heavy atom. The third-order valence-electron chi connectivity index (χ3n) is 3.37. The van der Waals surface area contributed by atoms with E-state index in [4.69, 9.17) is 4.74 Å². The van der Waals surface area contributed by atoms with Crippen LogP contribution >= 0.6 is 0 Å². The fourth-order valence-electron chi connectivity index (χ4n) is 2.04. The predicted octanol–water partition coefficient (Wildman–Crippen LogP) is 1.23. The molecule has 1 atom stereocenters.